The SMILES string of the molecule is C[C@]12C(=O)C(Br)C(=O)C=C1C(F)C[C@@H]1[C@@H]2CC[C@@]2(C)[C@H]1CC[C@]2(O)C(=O)CO. The summed E-state index contributed by atoms with van der Waals surface area (Å²) in [6, 6.07) is 0. The van der Waals surface area contributed by atoms with Gasteiger partial charge in [0.25, 0.3) is 0 Å². The molecule has 2 unspecified atom stereocenters. The van der Waals surface area contributed by atoms with Crippen molar-refractivity contribution in [2.24, 2.45) is 28.6 Å². The topological polar surface area (TPSA) is 91.7 Å². The summed E-state index contributed by atoms with van der Waals surface area (Å²) in [5.41, 5.74) is -3.10. The van der Waals surface area contributed by atoms with E-state index in [1.165, 1.54) is 6.08 Å². The van der Waals surface area contributed by atoms with E-state index in [4.69, 9.17) is 0 Å². The molecule has 0 saturated heterocycles. The summed E-state index contributed by atoms with van der Waals surface area (Å²) in [5, 5.41) is 20.5. The number of alkyl halides is 2. The summed E-state index contributed by atoms with van der Waals surface area (Å²) in [6.45, 7) is 2.91. The average molecular weight is 457 g/mol. The first-order valence-electron chi connectivity index (χ1n) is 9.97. The van der Waals surface area contributed by atoms with Gasteiger partial charge in [0.15, 0.2) is 17.3 Å². The fraction of sp³-hybridized carbons (Fsp3) is 0.762. The van der Waals surface area contributed by atoms with Crippen molar-refractivity contribution in [1.29, 1.82) is 0 Å². The van der Waals surface area contributed by atoms with Crippen LogP contribution < -0.4 is 0 Å². The summed E-state index contributed by atoms with van der Waals surface area (Å²) in [7, 11) is 0. The van der Waals surface area contributed by atoms with Crippen LogP contribution in [0.1, 0.15) is 46.0 Å². The molecule has 0 radical (unpaired) electrons. The number of rotatable bonds is 2. The average Bonchev–Trinajstić information content (AvgIpc) is 2.94. The van der Waals surface area contributed by atoms with Gasteiger partial charge in [-0.2, -0.15) is 0 Å². The van der Waals surface area contributed by atoms with Crippen molar-refractivity contribution in [2.45, 2.75) is 62.6 Å². The predicted molar refractivity (Wildman–Crippen MR) is 103 cm³/mol. The Hall–Kier alpha value is -0.920. The van der Waals surface area contributed by atoms with Gasteiger partial charge in [0, 0.05) is 5.41 Å². The lowest BCUT2D eigenvalue weighted by Gasteiger charge is -2.58. The summed E-state index contributed by atoms with van der Waals surface area (Å²) < 4.78 is 15.3. The van der Waals surface area contributed by atoms with Crippen molar-refractivity contribution in [3.05, 3.63) is 11.6 Å². The lowest BCUT2D eigenvalue weighted by molar-refractivity contribution is -0.167. The molecule has 28 heavy (non-hydrogen) atoms. The molecule has 154 valence electrons. The van der Waals surface area contributed by atoms with Crippen molar-refractivity contribution in [3.63, 3.8) is 0 Å². The second-order valence-corrected chi connectivity index (χ2v) is 10.4. The number of halogens is 2. The van der Waals surface area contributed by atoms with Gasteiger partial charge in [0.1, 0.15) is 23.2 Å². The molecule has 0 aromatic heterocycles. The van der Waals surface area contributed by atoms with Gasteiger partial charge in [0.2, 0.25) is 0 Å². The van der Waals surface area contributed by atoms with Gasteiger partial charge in [-0.25, -0.2) is 4.39 Å². The summed E-state index contributed by atoms with van der Waals surface area (Å²) in [6.07, 6.45) is 2.03. The molecule has 0 amide bonds. The van der Waals surface area contributed by atoms with Gasteiger partial charge in [0.05, 0.1) is 5.41 Å². The summed E-state index contributed by atoms with van der Waals surface area (Å²) in [4.78, 5) is 36.7. The molecule has 0 bridgehead atoms. The number of allylic oxidation sites excluding steroid dienone is 1. The molecule has 0 spiro atoms. The van der Waals surface area contributed by atoms with E-state index in [0.29, 0.717) is 24.8 Å². The van der Waals surface area contributed by atoms with Crippen LogP contribution in [-0.2, 0) is 14.4 Å². The third-order valence-electron chi connectivity index (χ3n) is 8.64. The number of carbonyl (C=O) groups is 3. The van der Waals surface area contributed by atoms with Crippen LogP contribution >= 0.6 is 15.9 Å². The summed E-state index contributed by atoms with van der Waals surface area (Å²) >= 11 is 3.19. The van der Waals surface area contributed by atoms with Crippen LogP contribution in [-0.4, -0.2) is 50.8 Å². The monoisotopic (exact) mass is 456 g/mol. The summed E-state index contributed by atoms with van der Waals surface area (Å²) in [5.74, 6) is -1.65. The van der Waals surface area contributed by atoms with Gasteiger partial charge in [-0.05, 0) is 68.4 Å². The minimum absolute atomic E-state index is 0.109. The zero-order chi connectivity index (χ0) is 20.6. The smallest absolute Gasteiger partial charge is 0.190 e. The van der Waals surface area contributed by atoms with Gasteiger partial charge in [-0.15, -0.1) is 0 Å². The number of hydrogen-bond donors (Lipinski definition) is 2. The number of aliphatic hydroxyl groups excluding tert-OH is 1. The highest BCUT2D eigenvalue weighted by molar-refractivity contribution is 9.10. The first-order chi connectivity index (χ1) is 13.0. The van der Waals surface area contributed by atoms with Crippen LogP contribution in [0.15, 0.2) is 11.6 Å². The maximum absolute atomic E-state index is 15.3. The minimum Gasteiger partial charge on any atom is -0.388 e. The lowest BCUT2D eigenvalue weighted by atomic mass is 9.45. The van der Waals surface area contributed by atoms with E-state index < -0.39 is 45.6 Å². The van der Waals surface area contributed by atoms with Gasteiger partial charge < -0.3 is 10.2 Å². The maximum atomic E-state index is 15.3. The maximum Gasteiger partial charge on any atom is 0.190 e. The Morgan fingerprint density at radius 2 is 1.89 bits per heavy atom. The zero-order valence-corrected chi connectivity index (χ0v) is 17.7. The Morgan fingerprint density at radius 3 is 2.54 bits per heavy atom. The highest BCUT2D eigenvalue weighted by atomic mass is 79.9. The van der Waals surface area contributed by atoms with E-state index in [2.05, 4.69) is 15.9 Å². The lowest BCUT2D eigenvalue weighted by Crippen LogP contribution is -2.61. The first kappa shape index (κ1) is 20.4. The Kier molecular flexibility index (Phi) is 4.57. The molecule has 2 N–H and O–H groups in total. The van der Waals surface area contributed by atoms with E-state index in [0.717, 1.165) is 0 Å². The fourth-order valence-corrected chi connectivity index (χ4v) is 7.64. The van der Waals surface area contributed by atoms with Crippen LogP contribution in [0, 0.1) is 28.6 Å². The van der Waals surface area contributed by atoms with Crippen molar-refractivity contribution in [3.8, 4) is 0 Å². The largest absolute Gasteiger partial charge is 0.388 e. The molecule has 0 heterocycles. The van der Waals surface area contributed by atoms with E-state index in [1.807, 2.05) is 6.92 Å². The molecule has 4 aliphatic rings. The Labute approximate surface area is 171 Å². The molecule has 5 nitrogen and oxygen atoms in total. The Bertz CT molecular complexity index is 796. The fourth-order valence-electron chi connectivity index (χ4n) is 7.03. The molecule has 3 saturated carbocycles. The van der Waals surface area contributed by atoms with Gasteiger partial charge in [-0.1, -0.05) is 22.9 Å². The highest BCUT2D eigenvalue weighted by Crippen LogP contribution is 2.67. The normalized spacial score (nSPS) is 50.5. The van der Waals surface area contributed by atoms with Gasteiger partial charge >= 0.3 is 0 Å². The van der Waals surface area contributed by atoms with Crippen molar-refractivity contribution < 1.29 is 29.0 Å². The second kappa shape index (κ2) is 6.29. The number of Topliss-reactive ketones (excluding diaryl/α,β-unsaturated/α-hetero) is 2. The molecule has 0 aromatic rings. The standard InChI is InChI=1S/C21H26BrFO5/c1-19-5-3-12-10(11(19)4-6-21(19,28)16(26)9-24)7-14(23)13-8-15(25)17(22)18(27)20(12,13)2/h8,10-12,14,17,24,28H,3-7,9H2,1-2H3/t10-,11-,12-,14?,17?,19-,20+,21-/m0/s1. The van der Waals surface area contributed by atoms with Crippen LogP contribution in [0.25, 0.3) is 0 Å². The zero-order valence-electron chi connectivity index (χ0n) is 16.1. The Morgan fingerprint density at radius 1 is 1.25 bits per heavy atom. The van der Waals surface area contributed by atoms with Crippen LogP contribution in [0.5, 0.6) is 0 Å². The third kappa shape index (κ3) is 2.27. The second-order valence-electron chi connectivity index (χ2n) is 9.45. The molecule has 7 heteroatoms. The quantitative estimate of drug-likeness (QED) is 0.491. The predicted octanol–water partition coefficient (Wildman–Crippen LogP) is 2.31. The van der Waals surface area contributed by atoms with Crippen molar-refractivity contribution in [1.82, 2.24) is 0 Å². The number of fused-ring (bicyclic) bond motifs is 5. The molecule has 4 aliphatic carbocycles. The Balaban J connectivity index is 1.77. The molecule has 0 aliphatic heterocycles. The highest BCUT2D eigenvalue weighted by Gasteiger charge is 2.68. The van der Waals surface area contributed by atoms with E-state index in [-0.39, 0.29) is 36.4 Å². The van der Waals surface area contributed by atoms with Crippen LogP contribution in [0.4, 0.5) is 4.39 Å². The molecular weight excluding hydrogens is 431 g/mol. The number of aliphatic hydroxyl groups is 2. The van der Waals surface area contributed by atoms with Gasteiger partial charge in [-0.3, -0.25) is 14.4 Å². The number of ketones is 3. The number of hydrogen-bond acceptors (Lipinski definition) is 5. The number of carbonyl (C=O) groups excluding carboxylic acids is 3. The minimum atomic E-state index is -1.61. The molecule has 4 rings (SSSR count). The third-order valence-corrected chi connectivity index (χ3v) is 9.51. The van der Waals surface area contributed by atoms with Crippen molar-refractivity contribution >= 4 is 33.3 Å². The first-order valence-corrected chi connectivity index (χ1v) is 10.9. The molecule has 8 atom stereocenters. The van der Waals surface area contributed by atoms with E-state index >= 15 is 4.39 Å². The van der Waals surface area contributed by atoms with Crippen LogP contribution in [0.2, 0.25) is 0 Å². The molecule has 0 aromatic carbocycles. The van der Waals surface area contributed by atoms with Crippen LogP contribution in [0.3, 0.4) is 0 Å². The van der Waals surface area contributed by atoms with E-state index in [1.54, 1.807) is 6.92 Å². The molecular formula is C21H26BrFO5. The van der Waals surface area contributed by atoms with Crippen molar-refractivity contribution in [2.75, 3.05) is 6.61 Å². The molecule has 3 fully saturated rings. The van der Waals surface area contributed by atoms with E-state index in [9.17, 15) is 24.6 Å².